The second-order valence-electron chi connectivity index (χ2n) is 11.9. The summed E-state index contributed by atoms with van der Waals surface area (Å²) in [7, 11) is 3.13. The Morgan fingerprint density at radius 1 is 0.822 bits per heavy atom. The molecule has 1 aliphatic carbocycles. The van der Waals surface area contributed by atoms with Crippen LogP contribution in [0.25, 0.3) is 11.1 Å². The largest absolute Gasteiger partial charge is 0.480 e. The number of ether oxygens (including phenoxy) is 3. The number of hydrogen-bond acceptors (Lipinski definition) is 7. The summed E-state index contributed by atoms with van der Waals surface area (Å²) in [6.07, 6.45) is -1.95. The van der Waals surface area contributed by atoms with E-state index in [0.29, 0.717) is 5.56 Å². The Bertz CT molecular complexity index is 1490. The molecule has 11 heteroatoms. The molecular weight excluding hydrogens is 578 g/mol. The van der Waals surface area contributed by atoms with Crippen molar-refractivity contribution in [2.45, 2.75) is 44.8 Å². The van der Waals surface area contributed by atoms with Gasteiger partial charge >= 0.3 is 24.2 Å². The summed E-state index contributed by atoms with van der Waals surface area (Å²) >= 11 is 0. The monoisotopic (exact) mass is 617 g/mol. The number of amides is 3. The van der Waals surface area contributed by atoms with E-state index < -0.39 is 35.9 Å². The Labute approximate surface area is 262 Å². The fourth-order valence-corrected chi connectivity index (χ4v) is 4.91. The van der Waals surface area contributed by atoms with Gasteiger partial charge in [0.05, 0.1) is 0 Å². The first-order valence-corrected chi connectivity index (χ1v) is 14.6. The van der Waals surface area contributed by atoms with Crippen LogP contribution in [-0.2, 0) is 20.7 Å². The van der Waals surface area contributed by atoms with Crippen molar-refractivity contribution in [2.24, 2.45) is 0 Å². The van der Waals surface area contributed by atoms with Crippen LogP contribution in [0, 0.1) is 0 Å². The van der Waals surface area contributed by atoms with Gasteiger partial charge in [-0.3, -0.25) is 0 Å². The standard InChI is InChI=1S/C34H39N3O8/c1-34(2,3)45-33(42)37(5)19-18-36(4)32(41)44-23-16-14-22(15-17-23)20-29(30(38)39)35-31(40)43-21-28-26-12-8-6-10-24(26)25-11-7-9-13-27(25)28/h6-17,28-29H,18-21H2,1-5H3,(H,35,40)(H,38,39). The Morgan fingerprint density at radius 2 is 1.36 bits per heavy atom. The smallest absolute Gasteiger partial charge is 0.415 e. The Kier molecular flexibility index (Phi) is 10.3. The molecule has 0 heterocycles. The van der Waals surface area contributed by atoms with E-state index in [9.17, 15) is 24.3 Å². The second-order valence-corrected chi connectivity index (χ2v) is 11.9. The number of nitrogens with zero attached hydrogens (tertiary/aromatic N) is 2. The predicted octanol–water partition coefficient (Wildman–Crippen LogP) is 5.52. The molecule has 0 fully saturated rings. The highest BCUT2D eigenvalue weighted by Crippen LogP contribution is 2.44. The topological polar surface area (TPSA) is 135 Å². The van der Waals surface area contributed by atoms with E-state index in [1.54, 1.807) is 59.1 Å². The quantitative estimate of drug-likeness (QED) is 0.304. The van der Waals surface area contributed by atoms with Gasteiger partial charge in [0.2, 0.25) is 0 Å². The summed E-state index contributed by atoms with van der Waals surface area (Å²) in [6.45, 7) is 5.85. The van der Waals surface area contributed by atoms with E-state index in [2.05, 4.69) is 5.32 Å². The van der Waals surface area contributed by atoms with E-state index in [1.165, 1.54) is 9.80 Å². The molecule has 1 atom stereocenters. The van der Waals surface area contributed by atoms with Gasteiger partial charge in [-0.15, -0.1) is 0 Å². The third-order valence-corrected chi connectivity index (χ3v) is 7.29. The fourth-order valence-electron chi connectivity index (χ4n) is 4.91. The first-order valence-electron chi connectivity index (χ1n) is 14.6. The van der Waals surface area contributed by atoms with Gasteiger partial charge in [-0.25, -0.2) is 19.2 Å². The third-order valence-electron chi connectivity index (χ3n) is 7.29. The molecule has 3 aromatic rings. The van der Waals surface area contributed by atoms with Gasteiger partial charge in [0.1, 0.15) is 24.0 Å². The molecule has 11 nitrogen and oxygen atoms in total. The summed E-state index contributed by atoms with van der Waals surface area (Å²) in [5, 5.41) is 12.2. The highest BCUT2D eigenvalue weighted by atomic mass is 16.6. The summed E-state index contributed by atoms with van der Waals surface area (Å²) in [6, 6.07) is 21.0. The Morgan fingerprint density at radius 3 is 1.89 bits per heavy atom. The van der Waals surface area contributed by atoms with Crippen molar-refractivity contribution in [2.75, 3.05) is 33.8 Å². The predicted molar refractivity (Wildman–Crippen MR) is 167 cm³/mol. The number of alkyl carbamates (subject to hydrolysis) is 1. The van der Waals surface area contributed by atoms with Crippen LogP contribution in [0.15, 0.2) is 72.8 Å². The number of hydrogen-bond donors (Lipinski definition) is 2. The first-order chi connectivity index (χ1) is 21.3. The van der Waals surface area contributed by atoms with Crippen LogP contribution in [0.5, 0.6) is 5.75 Å². The van der Waals surface area contributed by atoms with Gasteiger partial charge in [-0.1, -0.05) is 60.7 Å². The van der Waals surface area contributed by atoms with Crippen molar-refractivity contribution in [1.82, 2.24) is 15.1 Å². The van der Waals surface area contributed by atoms with Crippen molar-refractivity contribution >= 4 is 24.2 Å². The number of carbonyl (C=O) groups is 4. The lowest BCUT2D eigenvalue weighted by Crippen LogP contribution is -2.42. The van der Waals surface area contributed by atoms with Crippen LogP contribution in [0.4, 0.5) is 14.4 Å². The highest BCUT2D eigenvalue weighted by Gasteiger charge is 2.30. The molecule has 0 bridgehead atoms. The number of rotatable bonds is 10. The summed E-state index contributed by atoms with van der Waals surface area (Å²) in [5.41, 5.74) is 4.29. The minimum Gasteiger partial charge on any atom is -0.480 e. The molecule has 3 aromatic carbocycles. The van der Waals surface area contributed by atoms with Crippen LogP contribution in [-0.4, -0.2) is 84.6 Å². The maximum atomic E-state index is 12.7. The highest BCUT2D eigenvalue weighted by molar-refractivity contribution is 5.81. The number of benzene rings is 3. The summed E-state index contributed by atoms with van der Waals surface area (Å²) in [5.74, 6) is -1.10. The van der Waals surface area contributed by atoms with E-state index in [0.717, 1.165) is 22.3 Å². The maximum absolute atomic E-state index is 12.7. The summed E-state index contributed by atoms with van der Waals surface area (Å²) < 4.78 is 16.2. The molecular formula is C34H39N3O8. The number of likely N-dealkylation sites (N-methyl/N-ethyl adjacent to an activating group) is 2. The number of nitrogens with one attached hydrogen (secondary N) is 1. The molecule has 0 radical (unpaired) electrons. The van der Waals surface area contributed by atoms with E-state index in [4.69, 9.17) is 14.2 Å². The third kappa shape index (κ3) is 8.75. The van der Waals surface area contributed by atoms with Crippen LogP contribution in [0.1, 0.15) is 43.4 Å². The SMILES string of the molecule is CN(CCN(C)C(=O)OC(C)(C)C)C(=O)Oc1ccc(CC(NC(=O)OCC2c3ccccc3-c3ccccc32)C(=O)O)cc1. The number of carbonyl (C=O) groups excluding carboxylic acids is 3. The Balaban J connectivity index is 1.26. The van der Waals surface area contributed by atoms with E-state index >= 15 is 0 Å². The zero-order chi connectivity index (χ0) is 32.7. The normalized spacial score (nSPS) is 12.7. The molecule has 0 aliphatic heterocycles. The lowest BCUT2D eigenvalue weighted by Gasteiger charge is -2.26. The first kappa shape index (κ1) is 32.8. The van der Waals surface area contributed by atoms with Gasteiger partial charge in [0.25, 0.3) is 0 Å². The summed E-state index contributed by atoms with van der Waals surface area (Å²) in [4.78, 5) is 52.0. The van der Waals surface area contributed by atoms with Gasteiger partial charge in [0.15, 0.2) is 0 Å². The molecule has 1 aliphatic rings. The molecule has 1 unspecified atom stereocenters. The lowest BCUT2D eigenvalue weighted by atomic mass is 9.98. The number of carboxylic acids is 1. The van der Waals surface area contributed by atoms with Gasteiger partial charge in [-0.05, 0) is 60.7 Å². The second kappa shape index (κ2) is 14.1. The van der Waals surface area contributed by atoms with Crippen LogP contribution in [0.3, 0.4) is 0 Å². The van der Waals surface area contributed by atoms with Crippen LogP contribution in [0.2, 0.25) is 0 Å². The molecule has 0 aromatic heterocycles. The maximum Gasteiger partial charge on any atom is 0.415 e. The number of aliphatic carboxylic acids is 1. The van der Waals surface area contributed by atoms with Crippen LogP contribution < -0.4 is 10.1 Å². The zero-order valence-corrected chi connectivity index (χ0v) is 26.1. The molecule has 0 spiro atoms. The number of fused-ring (bicyclic) bond motifs is 3. The van der Waals surface area contributed by atoms with E-state index in [-0.39, 0.29) is 37.8 Å². The molecule has 0 saturated carbocycles. The van der Waals surface area contributed by atoms with Gasteiger partial charge in [0, 0.05) is 39.5 Å². The molecule has 45 heavy (non-hydrogen) atoms. The van der Waals surface area contributed by atoms with Crippen molar-refractivity contribution in [1.29, 1.82) is 0 Å². The van der Waals surface area contributed by atoms with Crippen molar-refractivity contribution in [3.8, 4) is 16.9 Å². The minimum absolute atomic E-state index is 0.00927. The number of carboxylic acid groups (broad SMARTS) is 1. The van der Waals surface area contributed by atoms with Crippen LogP contribution >= 0.6 is 0 Å². The van der Waals surface area contributed by atoms with Crippen molar-refractivity contribution in [3.05, 3.63) is 89.5 Å². The zero-order valence-electron chi connectivity index (χ0n) is 26.1. The molecule has 0 saturated heterocycles. The average Bonchev–Trinajstić information content (AvgIpc) is 3.31. The molecule has 3 amide bonds. The molecule has 4 rings (SSSR count). The molecule has 2 N–H and O–H groups in total. The average molecular weight is 618 g/mol. The Hall–Kier alpha value is -5.06. The minimum atomic E-state index is -1.23. The fraction of sp³-hybridized carbons (Fsp3) is 0.353. The van der Waals surface area contributed by atoms with Crippen molar-refractivity contribution < 1.29 is 38.5 Å². The van der Waals surface area contributed by atoms with E-state index in [1.807, 2.05) is 48.5 Å². The molecule has 238 valence electrons. The lowest BCUT2D eigenvalue weighted by molar-refractivity contribution is -0.139. The van der Waals surface area contributed by atoms with Gasteiger partial charge < -0.3 is 34.4 Å². The van der Waals surface area contributed by atoms with Gasteiger partial charge in [-0.2, -0.15) is 0 Å². The van der Waals surface area contributed by atoms with Crippen molar-refractivity contribution in [3.63, 3.8) is 0 Å².